The summed E-state index contributed by atoms with van der Waals surface area (Å²) in [6, 6.07) is 16.2. The highest BCUT2D eigenvalue weighted by Crippen LogP contribution is 2.50. The average Bonchev–Trinajstić information content (AvgIpc) is 3.59. The molecule has 0 fully saturated rings. The van der Waals surface area contributed by atoms with Gasteiger partial charge in [0, 0.05) is 33.3 Å². The van der Waals surface area contributed by atoms with Gasteiger partial charge < -0.3 is 9.80 Å². The molecule has 315 valence electrons. The number of allylic oxidation sites excluding steroid dienone is 7. The highest BCUT2D eigenvalue weighted by molar-refractivity contribution is 7.28. The van der Waals surface area contributed by atoms with E-state index >= 15 is 0 Å². The number of hydrogen-bond donors (Lipinski definition) is 0. The zero-order valence-corrected chi connectivity index (χ0v) is 39.5. The van der Waals surface area contributed by atoms with Crippen LogP contribution < -0.4 is 9.68 Å². The summed E-state index contributed by atoms with van der Waals surface area (Å²) in [4.78, 5) is 5.15. The van der Waals surface area contributed by atoms with Gasteiger partial charge in [-0.05, 0) is 130 Å². The van der Waals surface area contributed by atoms with Gasteiger partial charge in [-0.15, -0.1) is 24.5 Å². The topological polar surface area (TPSA) is 6.48 Å². The van der Waals surface area contributed by atoms with E-state index in [9.17, 15) is 0 Å². The second kappa shape index (κ2) is 18.8. The number of thiophene rings is 1. The fourth-order valence-corrected chi connectivity index (χ4v) is 10.3. The molecule has 2 aromatic carbocycles. The van der Waals surface area contributed by atoms with Gasteiger partial charge in [0.25, 0.3) is 0 Å². The second-order valence-corrected chi connectivity index (χ2v) is 20.6. The SMILES string of the molecule is C=CCC1/C=C/N(C(C=C)C/C=C/C(C)C)C(/C=C(/CC)C(=C)C(C)(C)CC)=C\[B]c2sc3cc4c(cc3c2N1C1=CCCC=C1c1ccccc1)C(C)(C)CCC4(C)C. The lowest BCUT2D eigenvalue weighted by Crippen LogP contribution is -2.39. The van der Waals surface area contributed by atoms with E-state index in [2.05, 4.69) is 203 Å². The normalized spacial score (nSPS) is 21.3. The van der Waals surface area contributed by atoms with Gasteiger partial charge in [-0.3, -0.25) is 0 Å². The Morgan fingerprint density at radius 3 is 2.30 bits per heavy atom. The summed E-state index contributed by atoms with van der Waals surface area (Å²) in [5.41, 5.74) is 12.0. The van der Waals surface area contributed by atoms with Crippen molar-refractivity contribution in [1.29, 1.82) is 0 Å². The summed E-state index contributed by atoms with van der Waals surface area (Å²) in [6.45, 7) is 37.0. The van der Waals surface area contributed by atoms with Crippen LogP contribution >= 0.6 is 11.3 Å². The summed E-state index contributed by atoms with van der Waals surface area (Å²) >= 11 is 1.94. The van der Waals surface area contributed by atoms with Crippen LogP contribution in [0.5, 0.6) is 0 Å². The zero-order valence-electron chi connectivity index (χ0n) is 38.7. The molecule has 0 bridgehead atoms. The number of nitrogens with zero attached hydrogens (tertiary/aromatic N) is 2. The molecule has 60 heavy (non-hydrogen) atoms. The minimum atomic E-state index is -0.00784. The average molecular weight is 816 g/mol. The van der Waals surface area contributed by atoms with Crippen molar-refractivity contribution < 1.29 is 0 Å². The Labute approximate surface area is 369 Å². The Balaban J connectivity index is 1.69. The molecular weight excluding hydrogens is 744 g/mol. The smallest absolute Gasteiger partial charge is 0.200 e. The lowest BCUT2D eigenvalue weighted by atomic mass is 9.63. The van der Waals surface area contributed by atoms with Gasteiger partial charge >= 0.3 is 0 Å². The molecule has 2 aliphatic carbocycles. The molecule has 6 rings (SSSR count). The Morgan fingerprint density at radius 1 is 0.983 bits per heavy atom. The van der Waals surface area contributed by atoms with Gasteiger partial charge in [-0.1, -0.05) is 149 Å². The van der Waals surface area contributed by atoms with E-state index in [1.807, 2.05) is 11.3 Å². The molecule has 3 aromatic rings. The van der Waals surface area contributed by atoms with Crippen LogP contribution in [0.15, 0.2) is 146 Å². The molecular formula is C56H72BN2S. The zero-order chi connectivity index (χ0) is 43.4. The maximum absolute atomic E-state index is 4.72. The van der Waals surface area contributed by atoms with Crippen LogP contribution in [0.3, 0.4) is 0 Å². The van der Waals surface area contributed by atoms with Crippen molar-refractivity contribution in [3.8, 4) is 0 Å². The van der Waals surface area contributed by atoms with E-state index in [1.165, 1.54) is 72.5 Å². The summed E-state index contributed by atoms with van der Waals surface area (Å²) in [7, 11) is 2.42. The minimum absolute atomic E-state index is 0.00676. The molecule has 1 aliphatic heterocycles. The monoisotopic (exact) mass is 816 g/mol. The first kappa shape index (κ1) is 45.3. The molecule has 0 N–H and O–H groups in total. The second-order valence-electron chi connectivity index (χ2n) is 19.5. The van der Waals surface area contributed by atoms with E-state index in [0.29, 0.717) is 5.92 Å². The van der Waals surface area contributed by atoms with Crippen LogP contribution in [0.4, 0.5) is 5.69 Å². The molecule has 2 heterocycles. The van der Waals surface area contributed by atoms with Crippen molar-refractivity contribution in [1.82, 2.24) is 4.90 Å². The van der Waals surface area contributed by atoms with E-state index in [0.717, 1.165) is 44.2 Å². The van der Waals surface area contributed by atoms with Gasteiger partial charge in [0.15, 0.2) is 0 Å². The number of fused-ring (bicyclic) bond motifs is 4. The van der Waals surface area contributed by atoms with Crippen LogP contribution in [0.25, 0.3) is 15.7 Å². The predicted molar refractivity (Wildman–Crippen MR) is 269 cm³/mol. The molecule has 3 aliphatic rings. The van der Waals surface area contributed by atoms with Gasteiger partial charge in [0.05, 0.1) is 17.8 Å². The first-order valence-electron chi connectivity index (χ1n) is 22.8. The van der Waals surface area contributed by atoms with Crippen LogP contribution in [-0.2, 0) is 10.8 Å². The minimum Gasteiger partial charge on any atom is -0.342 e. The Kier molecular flexibility index (Phi) is 14.2. The molecule has 0 spiro atoms. The Hall–Kier alpha value is -4.28. The number of benzene rings is 2. The molecule has 0 saturated heterocycles. The largest absolute Gasteiger partial charge is 0.342 e. The van der Waals surface area contributed by atoms with E-state index < -0.39 is 0 Å². The van der Waals surface area contributed by atoms with E-state index in [1.54, 1.807) is 0 Å². The maximum Gasteiger partial charge on any atom is 0.200 e. The van der Waals surface area contributed by atoms with Crippen molar-refractivity contribution in [3.63, 3.8) is 0 Å². The molecule has 0 amide bonds. The Morgan fingerprint density at radius 2 is 1.67 bits per heavy atom. The van der Waals surface area contributed by atoms with E-state index in [4.69, 9.17) is 6.58 Å². The number of rotatable bonds is 14. The lowest BCUT2D eigenvalue weighted by Gasteiger charge is -2.42. The van der Waals surface area contributed by atoms with E-state index in [-0.39, 0.29) is 28.3 Å². The molecule has 2 atom stereocenters. The van der Waals surface area contributed by atoms with Crippen molar-refractivity contribution in [2.75, 3.05) is 4.90 Å². The van der Waals surface area contributed by atoms with Crippen molar-refractivity contribution in [2.45, 2.75) is 144 Å². The van der Waals surface area contributed by atoms with Crippen LogP contribution in [0.1, 0.15) is 137 Å². The number of hydrogen-bond acceptors (Lipinski definition) is 3. The summed E-state index contributed by atoms with van der Waals surface area (Å²) in [6.07, 6.45) is 29.0. The lowest BCUT2D eigenvalue weighted by molar-refractivity contribution is 0.332. The third-order valence-electron chi connectivity index (χ3n) is 13.6. The van der Waals surface area contributed by atoms with Crippen molar-refractivity contribution >= 4 is 44.7 Å². The Bertz CT molecular complexity index is 2250. The summed E-state index contributed by atoms with van der Waals surface area (Å²) in [5, 5.41) is 1.34. The van der Waals surface area contributed by atoms with Gasteiger partial charge in [-0.2, -0.15) is 0 Å². The van der Waals surface area contributed by atoms with Crippen molar-refractivity contribution in [3.05, 3.63) is 162 Å². The van der Waals surface area contributed by atoms with Crippen LogP contribution in [0.2, 0.25) is 0 Å². The van der Waals surface area contributed by atoms with Crippen LogP contribution in [-0.4, -0.2) is 24.3 Å². The molecule has 2 unspecified atom stereocenters. The van der Waals surface area contributed by atoms with Gasteiger partial charge in [0.1, 0.15) is 0 Å². The maximum atomic E-state index is 4.72. The third kappa shape index (κ3) is 9.45. The fraction of sp³-hybridized carbons (Fsp3) is 0.429. The first-order valence-corrected chi connectivity index (χ1v) is 23.6. The van der Waals surface area contributed by atoms with Gasteiger partial charge in [0.2, 0.25) is 7.28 Å². The first-order chi connectivity index (χ1) is 28.6. The molecule has 1 radical (unpaired) electrons. The summed E-state index contributed by atoms with van der Waals surface area (Å²) in [5.74, 6) is 2.86. The standard InChI is InChI=1S/C56H72BN2S/c1-14-24-44-31-34-58(43(16-3)28-23-25-39(5)6)45(35-41(15-2)40(7)54(8,9)17-4)38-57-53-52(59(44)50-30-22-21-29-46(50)42-26-19-18-20-27-42)47-36-48-49(37-51(47)60-53)56(12,13)33-32-55(48,10)11/h14,16,18-20,23,25-27,29-31,34-39,43-44H,1,3,7,15,17,21-22,24,28,32-33H2,2,4-6,8-13H3/b25-23+,34-31+,41-35-,45-38-. The molecule has 0 saturated carbocycles. The van der Waals surface area contributed by atoms with Gasteiger partial charge in [-0.25, -0.2) is 0 Å². The highest BCUT2D eigenvalue weighted by Gasteiger charge is 2.39. The van der Waals surface area contributed by atoms with Crippen molar-refractivity contribution in [2.24, 2.45) is 11.3 Å². The number of anilines is 1. The quantitative estimate of drug-likeness (QED) is 0.0909. The van der Waals surface area contributed by atoms with Crippen LogP contribution in [0, 0.1) is 11.3 Å². The molecule has 1 aromatic heterocycles. The fourth-order valence-electron chi connectivity index (χ4n) is 9.20. The predicted octanol–water partition coefficient (Wildman–Crippen LogP) is 15.2. The summed E-state index contributed by atoms with van der Waals surface area (Å²) < 4.78 is 2.63. The highest BCUT2D eigenvalue weighted by atomic mass is 32.1. The molecule has 2 nitrogen and oxygen atoms in total. The molecule has 4 heteroatoms. The third-order valence-corrected chi connectivity index (χ3v) is 14.7.